The van der Waals surface area contributed by atoms with Gasteiger partial charge in [0.15, 0.2) is 0 Å². The van der Waals surface area contributed by atoms with Gasteiger partial charge in [-0.3, -0.25) is 0 Å². The zero-order chi connectivity index (χ0) is 15.6. The van der Waals surface area contributed by atoms with Crippen LogP contribution in [0.2, 0.25) is 0 Å². The lowest BCUT2D eigenvalue weighted by Gasteiger charge is -2.25. The van der Waals surface area contributed by atoms with Crippen molar-refractivity contribution >= 4 is 5.97 Å². The van der Waals surface area contributed by atoms with Gasteiger partial charge in [-0.2, -0.15) is 0 Å². The molecule has 1 saturated heterocycles. The summed E-state index contributed by atoms with van der Waals surface area (Å²) in [5.41, 5.74) is 0. The summed E-state index contributed by atoms with van der Waals surface area (Å²) in [6, 6.07) is 0. The number of hydrogen-bond acceptors (Lipinski definition) is 3. The van der Waals surface area contributed by atoms with Gasteiger partial charge >= 0.3 is 5.97 Å². The molecule has 1 aliphatic heterocycles. The quantitative estimate of drug-likeness (QED) is 0.550. The Balaban J connectivity index is 1.64. The van der Waals surface area contributed by atoms with Crippen LogP contribution in [0.1, 0.15) is 44.9 Å². The highest BCUT2D eigenvalue weighted by Gasteiger charge is 2.28. The standard InChI is InChI=1S/C18H28O4/c19-18(20)11-7-2-1-4-8-15-12-21-13-16(15)14-22-17-9-5-3-6-10-17/h1,4,7,11,15-17H,2-3,5-6,8-10,12-14H2,(H,19,20)/b4-1?,11-7-/t15-,16+/m1/s1. The SMILES string of the molecule is O=C(O)/C=C\CC=CC[C@@H]1COC[C@H]1COC1CCCCC1. The number of carbonyl (C=O) groups is 1. The zero-order valence-electron chi connectivity index (χ0n) is 13.3. The van der Waals surface area contributed by atoms with Gasteiger partial charge in [-0.1, -0.05) is 37.5 Å². The molecule has 0 amide bonds. The fourth-order valence-electron chi connectivity index (χ4n) is 3.19. The number of rotatable bonds is 8. The molecule has 0 aromatic carbocycles. The van der Waals surface area contributed by atoms with E-state index in [0.29, 0.717) is 24.4 Å². The monoisotopic (exact) mass is 308 g/mol. The maximum absolute atomic E-state index is 10.3. The van der Waals surface area contributed by atoms with E-state index in [9.17, 15) is 4.79 Å². The van der Waals surface area contributed by atoms with Gasteiger partial charge in [-0.25, -0.2) is 4.79 Å². The van der Waals surface area contributed by atoms with Gasteiger partial charge in [-0.15, -0.1) is 0 Å². The van der Waals surface area contributed by atoms with E-state index in [1.165, 1.54) is 38.2 Å². The third-order valence-electron chi connectivity index (χ3n) is 4.57. The summed E-state index contributed by atoms with van der Waals surface area (Å²) in [7, 11) is 0. The summed E-state index contributed by atoms with van der Waals surface area (Å²) < 4.78 is 11.7. The zero-order valence-corrected chi connectivity index (χ0v) is 13.3. The van der Waals surface area contributed by atoms with Crippen LogP contribution in [0.25, 0.3) is 0 Å². The summed E-state index contributed by atoms with van der Waals surface area (Å²) in [6.07, 6.45) is 15.5. The van der Waals surface area contributed by atoms with Crippen molar-refractivity contribution in [2.45, 2.75) is 51.0 Å². The molecule has 2 fully saturated rings. The Morgan fingerprint density at radius 2 is 1.86 bits per heavy atom. The van der Waals surface area contributed by atoms with Gasteiger partial charge in [-0.05, 0) is 31.6 Å². The average molecular weight is 308 g/mol. The van der Waals surface area contributed by atoms with Gasteiger partial charge in [0.2, 0.25) is 0 Å². The molecule has 1 N–H and O–H groups in total. The Morgan fingerprint density at radius 1 is 1.09 bits per heavy atom. The first kappa shape index (κ1) is 17.2. The summed E-state index contributed by atoms with van der Waals surface area (Å²) in [5, 5.41) is 8.50. The Bertz CT molecular complexity index is 383. The number of allylic oxidation sites excluding steroid dienone is 3. The topological polar surface area (TPSA) is 55.8 Å². The fourth-order valence-corrected chi connectivity index (χ4v) is 3.19. The minimum absolute atomic E-state index is 0.465. The minimum atomic E-state index is -0.891. The lowest BCUT2D eigenvalue weighted by atomic mass is 9.93. The maximum atomic E-state index is 10.3. The number of ether oxygens (including phenoxy) is 2. The van der Waals surface area contributed by atoms with Gasteiger partial charge in [0.25, 0.3) is 0 Å². The van der Waals surface area contributed by atoms with E-state index in [4.69, 9.17) is 14.6 Å². The second-order valence-electron chi connectivity index (χ2n) is 6.33. The lowest BCUT2D eigenvalue weighted by Crippen LogP contribution is -2.24. The van der Waals surface area contributed by atoms with Gasteiger partial charge in [0.1, 0.15) is 0 Å². The maximum Gasteiger partial charge on any atom is 0.327 e. The molecule has 2 atom stereocenters. The van der Waals surface area contributed by atoms with Crippen molar-refractivity contribution in [3.8, 4) is 0 Å². The van der Waals surface area contributed by atoms with E-state index in [2.05, 4.69) is 6.08 Å². The Morgan fingerprint density at radius 3 is 2.64 bits per heavy atom. The molecule has 4 nitrogen and oxygen atoms in total. The second kappa shape index (κ2) is 9.80. The van der Waals surface area contributed by atoms with Crippen molar-refractivity contribution in [3.05, 3.63) is 24.3 Å². The fraction of sp³-hybridized carbons (Fsp3) is 0.722. The normalized spacial score (nSPS) is 27.1. The highest BCUT2D eigenvalue weighted by molar-refractivity contribution is 5.79. The third kappa shape index (κ3) is 6.32. The summed E-state index contributed by atoms with van der Waals surface area (Å²) in [4.78, 5) is 10.3. The van der Waals surface area contributed by atoms with E-state index < -0.39 is 5.97 Å². The van der Waals surface area contributed by atoms with Crippen LogP contribution >= 0.6 is 0 Å². The summed E-state index contributed by atoms with van der Waals surface area (Å²) in [6.45, 7) is 2.44. The first-order valence-electron chi connectivity index (χ1n) is 8.49. The summed E-state index contributed by atoms with van der Waals surface area (Å²) >= 11 is 0. The smallest absolute Gasteiger partial charge is 0.327 e. The molecule has 0 bridgehead atoms. The molecular weight excluding hydrogens is 280 g/mol. The van der Waals surface area contributed by atoms with Gasteiger partial charge in [0, 0.05) is 12.0 Å². The number of aliphatic carboxylic acids is 1. The minimum Gasteiger partial charge on any atom is -0.478 e. The molecule has 1 saturated carbocycles. The molecule has 0 spiro atoms. The van der Waals surface area contributed by atoms with Crippen molar-refractivity contribution in [2.75, 3.05) is 19.8 Å². The number of carboxylic acids is 1. The van der Waals surface area contributed by atoms with Crippen LogP contribution in [-0.2, 0) is 14.3 Å². The molecule has 0 aromatic heterocycles. The molecular formula is C18H28O4. The Kier molecular flexibility index (Phi) is 7.67. The van der Waals surface area contributed by atoms with E-state index >= 15 is 0 Å². The van der Waals surface area contributed by atoms with Crippen LogP contribution in [0.4, 0.5) is 0 Å². The van der Waals surface area contributed by atoms with Gasteiger partial charge < -0.3 is 14.6 Å². The second-order valence-corrected chi connectivity index (χ2v) is 6.33. The molecule has 1 aliphatic carbocycles. The molecule has 0 radical (unpaired) electrons. The van der Waals surface area contributed by atoms with Gasteiger partial charge in [0.05, 0.1) is 25.9 Å². The molecule has 2 aliphatic rings. The highest BCUT2D eigenvalue weighted by Crippen LogP contribution is 2.27. The first-order valence-corrected chi connectivity index (χ1v) is 8.49. The van der Waals surface area contributed by atoms with Crippen molar-refractivity contribution in [3.63, 3.8) is 0 Å². The first-order chi connectivity index (χ1) is 10.8. The van der Waals surface area contributed by atoms with Crippen molar-refractivity contribution < 1.29 is 19.4 Å². The van der Waals surface area contributed by atoms with Crippen LogP contribution in [0.5, 0.6) is 0 Å². The van der Waals surface area contributed by atoms with Crippen LogP contribution < -0.4 is 0 Å². The number of hydrogen-bond donors (Lipinski definition) is 1. The molecule has 0 unspecified atom stereocenters. The van der Waals surface area contributed by atoms with Crippen LogP contribution in [0.3, 0.4) is 0 Å². The predicted molar refractivity (Wildman–Crippen MR) is 85.8 cm³/mol. The largest absolute Gasteiger partial charge is 0.478 e. The number of carboxylic acid groups (broad SMARTS) is 1. The highest BCUT2D eigenvalue weighted by atomic mass is 16.5. The average Bonchev–Trinajstić information content (AvgIpc) is 2.97. The van der Waals surface area contributed by atoms with Crippen molar-refractivity contribution in [1.82, 2.24) is 0 Å². The Hall–Kier alpha value is -1.13. The van der Waals surface area contributed by atoms with E-state index in [1.807, 2.05) is 6.08 Å². The van der Waals surface area contributed by atoms with Crippen LogP contribution in [-0.4, -0.2) is 37.0 Å². The molecule has 2 rings (SSSR count). The summed E-state index contributed by atoms with van der Waals surface area (Å²) in [5.74, 6) is 0.141. The Labute approximate surface area is 133 Å². The van der Waals surface area contributed by atoms with Crippen LogP contribution in [0.15, 0.2) is 24.3 Å². The molecule has 4 heteroatoms. The van der Waals surface area contributed by atoms with E-state index in [1.54, 1.807) is 6.08 Å². The van der Waals surface area contributed by atoms with Crippen LogP contribution in [0, 0.1) is 11.8 Å². The lowest BCUT2D eigenvalue weighted by molar-refractivity contribution is -0.131. The van der Waals surface area contributed by atoms with E-state index in [0.717, 1.165) is 26.2 Å². The van der Waals surface area contributed by atoms with E-state index in [-0.39, 0.29) is 0 Å². The molecule has 1 heterocycles. The molecule has 124 valence electrons. The molecule has 22 heavy (non-hydrogen) atoms. The van der Waals surface area contributed by atoms with Crippen molar-refractivity contribution in [1.29, 1.82) is 0 Å². The third-order valence-corrected chi connectivity index (χ3v) is 4.57. The predicted octanol–water partition coefficient (Wildman–Crippen LogP) is 3.58. The molecule has 0 aromatic rings. The van der Waals surface area contributed by atoms with Crippen molar-refractivity contribution in [2.24, 2.45) is 11.8 Å².